The molecule has 2 heterocycles. The number of benzene rings is 1. The van der Waals surface area contributed by atoms with Gasteiger partial charge in [0.25, 0.3) is 9.70 Å². The molecule has 0 atom stereocenters. The van der Waals surface area contributed by atoms with Gasteiger partial charge in [-0.15, -0.1) is 0 Å². The molecule has 0 aliphatic carbocycles. The molecule has 1 aromatic carbocycles. The predicted octanol–water partition coefficient (Wildman–Crippen LogP) is 4.04. The van der Waals surface area contributed by atoms with Crippen molar-refractivity contribution in [3.8, 4) is 5.75 Å². The van der Waals surface area contributed by atoms with Crippen LogP contribution in [-0.4, -0.2) is 39.1 Å². The van der Waals surface area contributed by atoms with Gasteiger partial charge in [-0.2, -0.15) is 0 Å². The third-order valence-electron chi connectivity index (χ3n) is 4.26. The lowest BCUT2D eigenvalue weighted by atomic mass is 9.82. The van der Waals surface area contributed by atoms with E-state index in [0.717, 1.165) is 0 Å². The van der Waals surface area contributed by atoms with Crippen LogP contribution < -0.4 is 4.74 Å². The van der Waals surface area contributed by atoms with E-state index in [9.17, 15) is 9.59 Å². The molecule has 3 rings (SSSR count). The number of carbonyl (C=O) groups is 2. The summed E-state index contributed by atoms with van der Waals surface area (Å²) in [6.07, 6.45) is 1.27. The second-order valence-electron chi connectivity index (χ2n) is 5.82. The van der Waals surface area contributed by atoms with Gasteiger partial charge in [0.1, 0.15) is 11.4 Å². The second-order valence-corrected chi connectivity index (χ2v) is 8.53. The Bertz CT molecular complexity index is 663. The molecule has 2 aliphatic rings. The zero-order chi connectivity index (χ0) is 16.8. The Morgan fingerprint density at radius 1 is 1.22 bits per heavy atom. The van der Waals surface area contributed by atoms with E-state index in [0.29, 0.717) is 42.3 Å². The van der Waals surface area contributed by atoms with Gasteiger partial charge in [0.15, 0.2) is 5.78 Å². The van der Waals surface area contributed by atoms with Crippen molar-refractivity contribution < 1.29 is 14.3 Å². The summed E-state index contributed by atoms with van der Waals surface area (Å²) in [5.41, 5.74) is -0.106. The number of rotatable bonds is 0. The number of nitrogens with zero attached hydrogens (tertiary/aromatic N) is 1. The largest absolute Gasteiger partial charge is 0.486 e. The molecule has 23 heavy (non-hydrogen) atoms. The second kappa shape index (κ2) is 5.99. The van der Waals surface area contributed by atoms with Crippen LogP contribution in [0.2, 0.25) is 5.02 Å². The van der Waals surface area contributed by atoms with Crippen molar-refractivity contribution in [2.24, 2.45) is 0 Å². The Hall–Kier alpha value is -0.680. The number of ketones is 1. The number of ether oxygens (including phenoxy) is 1. The number of alkyl halides is 3. The zero-order valence-corrected chi connectivity index (χ0v) is 15.0. The summed E-state index contributed by atoms with van der Waals surface area (Å²) in [6, 6.07) is 5.01. The Labute approximate surface area is 153 Å². The van der Waals surface area contributed by atoms with Gasteiger partial charge in [-0.3, -0.25) is 9.59 Å². The zero-order valence-electron chi connectivity index (χ0n) is 12.0. The van der Waals surface area contributed by atoms with Crippen LogP contribution in [0.4, 0.5) is 0 Å². The highest BCUT2D eigenvalue weighted by Gasteiger charge is 2.45. The number of likely N-dealkylation sites (tertiary alicyclic amines) is 1. The monoisotopic (exact) mass is 395 g/mol. The molecule has 2 aliphatic heterocycles. The maximum absolute atomic E-state index is 12.4. The first-order chi connectivity index (χ1) is 10.7. The van der Waals surface area contributed by atoms with Crippen molar-refractivity contribution in [1.82, 2.24) is 4.90 Å². The molecule has 0 radical (unpaired) electrons. The molecule has 1 amide bonds. The van der Waals surface area contributed by atoms with E-state index >= 15 is 0 Å². The molecule has 1 spiro atoms. The molecule has 0 N–H and O–H groups in total. The molecule has 0 bridgehead atoms. The molecule has 124 valence electrons. The van der Waals surface area contributed by atoms with Gasteiger partial charge < -0.3 is 9.64 Å². The van der Waals surface area contributed by atoms with Crippen molar-refractivity contribution in [3.05, 3.63) is 28.8 Å². The van der Waals surface area contributed by atoms with E-state index in [4.69, 9.17) is 51.1 Å². The molecule has 1 aromatic rings. The summed E-state index contributed by atoms with van der Waals surface area (Å²) in [5, 5.41) is 0.500. The summed E-state index contributed by atoms with van der Waals surface area (Å²) in [7, 11) is 0. The molecule has 0 aromatic heterocycles. The highest BCUT2D eigenvalue weighted by atomic mass is 35.6. The third-order valence-corrected chi connectivity index (χ3v) is 4.98. The summed E-state index contributed by atoms with van der Waals surface area (Å²) >= 11 is 22.8. The quantitative estimate of drug-likeness (QED) is 0.621. The number of Topliss-reactive ketones (excluding diaryl/α,β-unsaturated/α-hetero) is 1. The third kappa shape index (κ3) is 3.41. The smallest absolute Gasteiger partial charge is 0.274 e. The van der Waals surface area contributed by atoms with Gasteiger partial charge in [0.2, 0.25) is 0 Å². The van der Waals surface area contributed by atoms with Gasteiger partial charge in [0, 0.05) is 31.0 Å². The first-order valence-corrected chi connectivity index (χ1v) is 8.59. The highest BCUT2D eigenvalue weighted by Crippen LogP contribution is 2.41. The predicted molar refractivity (Wildman–Crippen MR) is 89.9 cm³/mol. The molecule has 4 nitrogen and oxygen atoms in total. The molecular weight excluding hydrogens is 384 g/mol. The Kier molecular flexibility index (Phi) is 4.47. The number of hydrogen-bond acceptors (Lipinski definition) is 3. The van der Waals surface area contributed by atoms with E-state index in [-0.39, 0.29) is 12.2 Å². The van der Waals surface area contributed by atoms with Crippen molar-refractivity contribution in [1.29, 1.82) is 0 Å². The number of amides is 1. The fourth-order valence-corrected chi connectivity index (χ4v) is 3.57. The van der Waals surface area contributed by atoms with Crippen LogP contribution in [0.5, 0.6) is 5.75 Å². The average molecular weight is 397 g/mol. The number of hydrogen-bond donors (Lipinski definition) is 0. The number of halogens is 4. The topological polar surface area (TPSA) is 46.6 Å². The van der Waals surface area contributed by atoms with Gasteiger partial charge in [-0.1, -0.05) is 46.4 Å². The molecule has 8 heteroatoms. The first kappa shape index (κ1) is 17.2. The Balaban J connectivity index is 1.76. The lowest BCUT2D eigenvalue weighted by molar-refractivity contribution is -0.133. The Morgan fingerprint density at radius 2 is 1.87 bits per heavy atom. The van der Waals surface area contributed by atoms with Crippen LogP contribution in [0.25, 0.3) is 0 Å². The van der Waals surface area contributed by atoms with E-state index in [2.05, 4.69) is 0 Å². The average Bonchev–Trinajstić information content (AvgIpc) is 2.47. The molecular formula is C15H13Cl4NO3. The van der Waals surface area contributed by atoms with Gasteiger partial charge in [-0.05, 0) is 18.2 Å². The minimum atomic E-state index is -1.96. The molecule has 1 fully saturated rings. The SMILES string of the molecule is O=C1CC2(CCN(C(=O)C(Cl)(Cl)Cl)CC2)Oc2ccc(Cl)cc21. The van der Waals surface area contributed by atoms with Crippen LogP contribution in [0.1, 0.15) is 29.6 Å². The van der Waals surface area contributed by atoms with E-state index < -0.39 is 15.3 Å². The van der Waals surface area contributed by atoms with Crippen LogP contribution >= 0.6 is 46.4 Å². The highest BCUT2D eigenvalue weighted by molar-refractivity contribution is 6.76. The lowest BCUT2D eigenvalue weighted by Gasteiger charge is -2.44. The van der Waals surface area contributed by atoms with Crippen LogP contribution in [0.15, 0.2) is 18.2 Å². The minimum Gasteiger partial charge on any atom is -0.486 e. The minimum absolute atomic E-state index is 0.00472. The first-order valence-electron chi connectivity index (χ1n) is 7.08. The van der Waals surface area contributed by atoms with Gasteiger partial charge in [-0.25, -0.2) is 0 Å². The molecule has 1 saturated heterocycles. The number of fused-ring (bicyclic) bond motifs is 1. The van der Waals surface area contributed by atoms with Crippen molar-refractivity contribution in [3.63, 3.8) is 0 Å². The fraction of sp³-hybridized carbons (Fsp3) is 0.467. The number of piperidine rings is 1. The molecule has 0 unspecified atom stereocenters. The van der Waals surface area contributed by atoms with E-state index in [1.54, 1.807) is 18.2 Å². The van der Waals surface area contributed by atoms with Gasteiger partial charge in [0.05, 0.1) is 12.0 Å². The lowest BCUT2D eigenvalue weighted by Crippen LogP contribution is -2.54. The summed E-state index contributed by atoms with van der Waals surface area (Å²) in [5.74, 6) is -0.0200. The van der Waals surface area contributed by atoms with Crippen LogP contribution in [-0.2, 0) is 4.79 Å². The van der Waals surface area contributed by atoms with Crippen molar-refractivity contribution in [2.75, 3.05) is 13.1 Å². The standard InChI is InChI=1S/C15H13Cl4NO3/c16-9-1-2-12-10(7-9)11(21)8-14(23-12)3-5-20(6-4-14)13(22)15(17,18)19/h1-2,7H,3-6,8H2. The Morgan fingerprint density at radius 3 is 2.48 bits per heavy atom. The summed E-state index contributed by atoms with van der Waals surface area (Å²) in [6.45, 7) is 0.756. The fourth-order valence-electron chi connectivity index (χ4n) is 3.04. The van der Waals surface area contributed by atoms with Crippen molar-refractivity contribution in [2.45, 2.75) is 28.7 Å². The van der Waals surface area contributed by atoms with Gasteiger partial charge >= 0.3 is 0 Å². The van der Waals surface area contributed by atoms with E-state index in [1.807, 2.05) is 0 Å². The normalized spacial score (nSPS) is 20.2. The summed E-state index contributed by atoms with van der Waals surface area (Å²) in [4.78, 5) is 25.9. The van der Waals surface area contributed by atoms with Crippen molar-refractivity contribution >= 4 is 58.1 Å². The maximum Gasteiger partial charge on any atom is 0.274 e. The molecule has 0 saturated carbocycles. The van der Waals surface area contributed by atoms with E-state index in [1.165, 1.54) is 4.90 Å². The maximum atomic E-state index is 12.4. The van der Waals surface area contributed by atoms with Crippen LogP contribution in [0, 0.1) is 0 Å². The number of carbonyl (C=O) groups excluding carboxylic acids is 2. The van der Waals surface area contributed by atoms with Crippen LogP contribution in [0.3, 0.4) is 0 Å². The summed E-state index contributed by atoms with van der Waals surface area (Å²) < 4.78 is 4.12.